The number of carbonyl (C=O) groups is 1. The van der Waals surface area contributed by atoms with Crippen LogP contribution in [0.4, 0.5) is 0 Å². The van der Waals surface area contributed by atoms with Gasteiger partial charge in [-0.25, -0.2) is 0 Å². The molecule has 4 rings (SSSR count). The quantitative estimate of drug-likeness (QED) is 0.233. The third-order valence-electron chi connectivity index (χ3n) is 7.71. The van der Waals surface area contributed by atoms with Crippen molar-refractivity contribution in [1.82, 2.24) is 15.2 Å². The second-order valence-corrected chi connectivity index (χ2v) is 11.5. The molecule has 0 saturated carbocycles. The molecule has 0 spiro atoms. The maximum absolute atomic E-state index is 13.7. The molecule has 6 nitrogen and oxygen atoms in total. The first kappa shape index (κ1) is 28.0. The van der Waals surface area contributed by atoms with Gasteiger partial charge in [-0.2, -0.15) is 10.5 Å². The van der Waals surface area contributed by atoms with Crippen molar-refractivity contribution in [1.29, 1.82) is 10.5 Å². The van der Waals surface area contributed by atoms with Gasteiger partial charge in [0.05, 0.1) is 5.70 Å². The molecule has 1 unspecified atom stereocenters. The van der Waals surface area contributed by atoms with Gasteiger partial charge in [0, 0.05) is 45.2 Å². The Hall–Kier alpha value is -4.03. The Balaban J connectivity index is 1.94. The molecule has 1 atom stereocenters. The van der Waals surface area contributed by atoms with E-state index in [-0.39, 0.29) is 11.5 Å². The normalized spacial score (nSPS) is 16.3. The van der Waals surface area contributed by atoms with Gasteiger partial charge in [0.1, 0.15) is 12.1 Å². The molecule has 2 aromatic carbocycles. The zero-order valence-corrected chi connectivity index (χ0v) is 23.8. The summed E-state index contributed by atoms with van der Waals surface area (Å²) < 4.78 is 2.36. The summed E-state index contributed by atoms with van der Waals surface area (Å²) in [5, 5.41) is 27.5. The molecule has 0 saturated heterocycles. The van der Waals surface area contributed by atoms with Crippen LogP contribution in [0.5, 0.6) is 0 Å². The maximum Gasteiger partial charge on any atom is 0.227 e. The van der Waals surface area contributed by atoms with Gasteiger partial charge in [0.15, 0.2) is 11.2 Å². The molecule has 2 heterocycles. The Morgan fingerprint density at radius 1 is 0.974 bits per heavy atom. The number of fused-ring (bicyclic) bond motifs is 2. The minimum Gasteiger partial charge on any atom is -0.353 e. The van der Waals surface area contributed by atoms with Gasteiger partial charge in [-0.05, 0) is 19.4 Å². The van der Waals surface area contributed by atoms with Crippen molar-refractivity contribution in [3.63, 3.8) is 0 Å². The van der Waals surface area contributed by atoms with Crippen LogP contribution < -0.4 is 10.6 Å². The number of rotatable bonds is 9. The van der Waals surface area contributed by atoms with Gasteiger partial charge >= 0.3 is 0 Å². The smallest absolute Gasteiger partial charge is 0.227 e. The Morgan fingerprint density at radius 3 is 2.31 bits per heavy atom. The molecule has 1 amide bonds. The minimum absolute atomic E-state index is 0.0113. The molecule has 0 bridgehead atoms. The number of carbonyl (C=O) groups excluding carboxylic acids is 1. The SMILES string of the molecule is CCCCCCCCn1c(C)c(C2(NC(=O)C(C)(C)C)NC(=C(C#N)C#N)c3ccccc32)c2ccccc21. The number of aromatic nitrogens is 1. The number of unbranched alkanes of at least 4 members (excludes halogenated alkanes) is 5. The lowest BCUT2D eigenvalue weighted by molar-refractivity contribution is -0.130. The summed E-state index contributed by atoms with van der Waals surface area (Å²) >= 11 is 0. The van der Waals surface area contributed by atoms with Crippen LogP contribution in [0.3, 0.4) is 0 Å². The summed E-state index contributed by atoms with van der Waals surface area (Å²) in [6.07, 6.45) is 7.27. The highest BCUT2D eigenvalue weighted by atomic mass is 16.2. The molecule has 39 heavy (non-hydrogen) atoms. The zero-order valence-electron chi connectivity index (χ0n) is 23.8. The number of nitrogens with one attached hydrogen (secondary N) is 2. The van der Waals surface area contributed by atoms with E-state index in [0.29, 0.717) is 5.70 Å². The number of para-hydroxylation sites is 1. The maximum atomic E-state index is 13.7. The van der Waals surface area contributed by atoms with E-state index in [4.69, 9.17) is 0 Å². The van der Waals surface area contributed by atoms with Crippen molar-refractivity contribution in [3.8, 4) is 12.1 Å². The van der Waals surface area contributed by atoms with Crippen LogP contribution in [0.2, 0.25) is 0 Å². The highest BCUT2D eigenvalue weighted by molar-refractivity contribution is 5.93. The van der Waals surface area contributed by atoms with E-state index in [9.17, 15) is 15.3 Å². The Morgan fingerprint density at radius 2 is 1.62 bits per heavy atom. The topological polar surface area (TPSA) is 93.6 Å². The molecule has 0 fully saturated rings. The highest BCUT2D eigenvalue weighted by Gasteiger charge is 2.48. The largest absolute Gasteiger partial charge is 0.353 e. The van der Waals surface area contributed by atoms with Crippen LogP contribution in [-0.4, -0.2) is 10.5 Å². The number of hydrogen-bond donors (Lipinski definition) is 2. The summed E-state index contributed by atoms with van der Waals surface area (Å²) in [6, 6.07) is 20.1. The molecule has 1 aromatic heterocycles. The van der Waals surface area contributed by atoms with Crippen molar-refractivity contribution < 1.29 is 4.79 Å². The van der Waals surface area contributed by atoms with E-state index in [1.54, 1.807) is 0 Å². The van der Waals surface area contributed by atoms with Crippen LogP contribution in [0.1, 0.15) is 88.6 Å². The van der Waals surface area contributed by atoms with Crippen molar-refractivity contribution in [3.05, 3.63) is 76.5 Å². The molecular formula is C33H39N5O. The lowest BCUT2D eigenvalue weighted by atomic mass is 9.87. The summed E-state index contributed by atoms with van der Waals surface area (Å²) in [7, 11) is 0. The average molecular weight is 522 g/mol. The molecule has 0 radical (unpaired) electrons. The van der Waals surface area contributed by atoms with E-state index in [2.05, 4.69) is 59.4 Å². The molecule has 1 aliphatic heterocycles. The second kappa shape index (κ2) is 11.4. The molecule has 0 aliphatic carbocycles. The number of hydrogen-bond acceptors (Lipinski definition) is 4. The summed E-state index contributed by atoms with van der Waals surface area (Å²) in [5.41, 5.74) is 3.31. The molecular weight excluding hydrogens is 482 g/mol. The number of benzene rings is 2. The first-order valence-electron chi connectivity index (χ1n) is 14.0. The molecule has 2 N–H and O–H groups in total. The lowest BCUT2D eigenvalue weighted by Crippen LogP contribution is -2.56. The molecule has 202 valence electrons. The fourth-order valence-corrected chi connectivity index (χ4v) is 5.64. The standard InChI is InChI=1S/C33H39N5O/c1-6-7-8-9-10-15-20-38-23(2)29(26-17-12-14-19-28(26)38)33(37-31(39)32(3,4)5)27-18-13-11-16-25(27)30(36-33)24(21-34)22-35/h11-14,16-19,36H,6-10,15,20H2,1-5H3,(H,37,39). The average Bonchev–Trinajstić information content (AvgIpc) is 3.39. The third-order valence-corrected chi connectivity index (χ3v) is 7.71. The predicted molar refractivity (Wildman–Crippen MR) is 156 cm³/mol. The Bertz CT molecular complexity index is 1470. The highest BCUT2D eigenvalue weighted by Crippen LogP contribution is 2.46. The molecule has 6 heteroatoms. The van der Waals surface area contributed by atoms with E-state index in [0.717, 1.165) is 46.3 Å². The van der Waals surface area contributed by atoms with Crippen molar-refractivity contribution in [2.75, 3.05) is 0 Å². The third kappa shape index (κ3) is 5.17. The number of nitriles is 2. The predicted octanol–water partition coefficient (Wildman–Crippen LogP) is 7.04. The number of amides is 1. The van der Waals surface area contributed by atoms with Gasteiger partial charge in [-0.3, -0.25) is 4.79 Å². The number of aryl methyl sites for hydroxylation is 1. The first-order chi connectivity index (χ1) is 18.7. The Kier molecular flexibility index (Phi) is 8.17. The number of allylic oxidation sites excluding steroid dienone is 1. The molecule has 3 aromatic rings. The Labute approximate surface area is 232 Å². The fraction of sp³-hybridized carbons (Fsp3) is 0.424. The van der Waals surface area contributed by atoms with Crippen molar-refractivity contribution in [2.24, 2.45) is 5.41 Å². The summed E-state index contributed by atoms with van der Waals surface area (Å²) in [5.74, 6) is -0.131. The monoisotopic (exact) mass is 521 g/mol. The van der Waals surface area contributed by atoms with Crippen LogP contribution in [0.15, 0.2) is 54.1 Å². The van der Waals surface area contributed by atoms with Gasteiger partial charge in [0.25, 0.3) is 0 Å². The molecule has 1 aliphatic rings. The van der Waals surface area contributed by atoms with E-state index >= 15 is 0 Å². The van der Waals surface area contributed by atoms with E-state index in [1.807, 2.05) is 51.1 Å². The first-order valence-corrected chi connectivity index (χ1v) is 14.0. The summed E-state index contributed by atoms with van der Waals surface area (Å²) in [6.45, 7) is 10.9. The van der Waals surface area contributed by atoms with Gasteiger partial charge in [0.2, 0.25) is 5.91 Å². The van der Waals surface area contributed by atoms with Crippen molar-refractivity contribution >= 4 is 22.5 Å². The fourth-order valence-electron chi connectivity index (χ4n) is 5.64. The number of nitrogens with zero attached hydrogens (tertiary/aromatic N) is 3. The summed E-state index contributed by atoms with van der Waals surface area (Å²) in [4.78, 5) is 13.7. The minimum atomic E-state index is -1.15. The van der Waals surface area contributed by atoms with Gasteiger partial charge < -0.3 is 15.2 Å². The van der Waals surface area contributed by atoms with Crippen LogP contribution >= 0.6 is 0 Å². The lowest BCUT2D eigenvalue weighted by Gasteiger charge is -2.36. The van der Waals surface area contributed by atoms with Gasteiger partial charge in [-0.15, -0.1) is 0 Å². The van der Waals surface area contributed by atoms with Crippen LogP contribution in [0.25, 0.3) is 16.6 Å². The van der Waals surface area contributed by atoms with E-state index < -0.39 is 11.1 Å². The van der Waals surface area contributed by atoms with Crippen LogP contribution in [0, 0.1) is 35.0 Å². The van der Waals surface area contributed by atoms with Gasteiger partial charge in [-0.1, -0.05) is 102 Å². The van der Waals surface area contributed by atoms with Crippen LogP contribution in [-0.2, 0) is 17.0 Å². The second-order valence-electron chi connectivity index (χ2n) is 11.5. The van der Waals surface area contributed by atoms with E-state index in [1.165, 1.54) is 32.1 Å². The van der Waals surface area contributed by atoms with Crippen molar-refractivity contribution in [2.45, 2.75) is 85.4 Å². The zero-order chi connectivity index (χ0) is 28.2.